The molecule has 1 atom stereocenters. The molecule has 1 unspecified atom stereocenters. The van der Waals surface area contributed by atoms with Gasteiger partial charge in [0.25, 0.3) is 0 Å². The highest BCUT2D eigenvalue weighted by Crippen LogP contribution is 2.34. The Balaban J connectivity index is 2.03. The Morgan fingerprint density at radius 2 is 2.47 bits per heavy atom. The third-order valence-electron chi connectivity index (χ3n) is 2.57. The third-order valence-corrected chi connectivity index (χ3v) is 2.57. The van der Waals surface area contributed by atoms with Crippen LogP contribution in [-0.4, -0.2) is 25.2 Å². The average Bonchev–Trinajstić information content (AvgIpc) is 2.30. The van der Waals surface area contributed by atoms with Crippen LogP contribution < -0.4 is 15.8 Å². The number of fused-ring (bicyclic) bond motifs is 1. The van der Waals surface area contributed by atoms with Crippen LogP contribution in [0.4, 0.5) is 11.4 Å². The molecule has 17 heavy (non-hydrogen) atoms. The largest absolute Gasteiger partial charge is 0.489 e. The van der Waals surface area contributed by atoms with Gasteiger partial charge in [-0.25, -0.2) is 0 Å². The zero-order valence-corrected chi connectivity index (χ0v) is 9.73. The number of benzene rings is 1. The zero-order chi connectivity index (χ0) is 12.3. The average molecular weight is 236 g/mol. The predicted octanol–water partition coefficient (Wildman–Crippen LogP) is 1.39. The molecule has 0 saturated carbocycles. The number of rotatable bonds is 3. The summed E-state index contributed by atoms with van der Waals surface area (Å²) in [5.41, 5.74) is 7.21. The maximum atomic E-state index is 11.4. The lowest BCUT2D eigenvalue weighted by Crippen LogP contribution is -2.34. The van der Waals surface area contributed by atoms with Gasteiger partial charge in [0.1, 0.15) is 18.0 Å². The summed E-state index contributed by atoms with van der Waals surface area (Å²) < 4.78 is 10.4. The number of hydrogen-bond acceptors (Lipinski definition) is 5. The van der Waals surface area contributed by atoms with E-state index < -0.39 is 0 Å². The fraction of sp³-hybridized carbons (Fsp3) is 0.417. The predicted molar refractivity (Wildman–Crippen MR) is 65.0 cm³/mol. The van der Waals surface area contributed by atoms with Crippen molar-refractivity contribution in [1.29, 1.82) is 0 Å². The van der Waals surface area contributed by atoms with Crippen molar-refractivity contribution < 1.29 is 14.3 Å². The van der Waals surface area contributed by atoms with E-state index in [1.165, 1.54) is 0 Å². The highest BCUT2D eigenvalue weighted by atomic mass is 16.5. The summed E-state index contributed by atoms with van der Waals surface area (Å²) in [5, 5.41) is 3.20. The van der Waals surface area contributed by atoms with Gasteiger partial charge in [-0.05, 0) is 19.1 Å². The summed E-state index contributed by atoms with van der Waals surface area (Å²) in [4.78, 5) is 11.4. The third kappa shape index (κ3) is 2.61. The SMILES string of the molecule is CCOC(=O)CC1COc2cccc(N)c2N1. The lowest BCUT2D eigenvalue weighted by Gasteiger charge is -2.27. The second-order valence-electron chi connectivity index (χ2n) is 3.88. The Labute approximate surface area is 99.9 Å². The van der Waals surface area contributed by atoms with E-state index in [-0.39, 0.29) is 18.4 Å². The fourth-order valence-electron chi connectivity index (χ4n) is 1.79. The Bertz CT molecular complexity index is 420. The molecule has 1 heterocycles. The Morgan fingerprint density at radius 3 is 3.24 bits per heavy atom. The van der Waals surface area contributed by atoms with Crippen LogP contribution in [0, 0.1) is 0 Å². The van der Waals surface area contributed by atoms with Crippen LogP contribution >= 0.6 is 0 Å². The standard InChI is InChI=1S/C12H16N2O3/c1-2-16-11(15)6-8-7-17-10-5-3-4-9(13)12(10)14-8/h3-5,8,14H,2,6-7,13H2,1H3. The monoisotopic (exact) mass is 236 g/mol. The minimum Gasteiger partial charge on any atom is -0.489 e. The highest BCUT2D eigenvalue weighted by molar-refractivity contribution is 5.76. The van der Waals surface area contributed by atoms with E-state index in [2.05, 4.69) is 5.32 Å². The molecule has 1 aliphatic rings. The van der Waals surface area contributed by atoms with Gasteiger partial charge < -0.3 is 20.5 Å². The summed E-state index contributed by atoms with van der Waals surface area (Å²) in [6, 6.07) is 5.38. The molecule has 1 aliphatic heterocycles. The molecular formula is C12H16N2O3. The van der Waals surface area contributed by atoms with Gasteiger partial charge in [0.05, 0.1) is 24.8 Å². The number of nitrogen functional groups attached to an aromatic ring is 1. The molecule has 5 nitrogen and oxygen atoms in total. The zero-order valence-electron chi connectivity index (χ0n) is 9.73. The van der Waals surface area contributed by atoms with Crippen molar-refractivity contribution in [3.05, 3.63) is 18.2 Å². The molecule has 3 N–H and O–H groups in total. The van der Waals surface area contributed by atoms with E-state index >= 15 is 0 Å². The smallest absolute Gasteiger partial charge is 0.307 e. The summed E-state index contributed by atoms with van der Waals surface area (Å²) in [7, 11) is 0. The van der Waals surface area contributed by atoms with E-state index in [0.29, 0.717) is 18.9 Å². The van der Waals surface area contributed by atoms with Gasteiger partial charge in [0, 0.05) is 0 Å². The topological polar surface area (TPSA) is 73.6 Å². The second-order valence-corrected chi connectivity index (χ2v) is 3.88. The van der Waals surface area contributed by atoms with Crippen molar-refractivity contribution in [2.75, 3.05) is 24.3 Å². The second kappa shape index (κ2) is 4.95. The number of nitrogens with one attached hydrogen (secondary N) is 1. The normalized spacial score (nSPS) is 17.6. The first-order valence-corrected chi connectivity index (χ1v) is 5.64. The van der Waals surface area contributed by atoms with Crippen LogP contribution in [0.2, 0.25) is 0 Å². The van der Waals surface area contributed by atoms with Gasteiger partial charge in [0.15, 0.2) is 0 Å². The quantitative estimate of drug-likeness (QED) is 0.613. The molecule has 0 aromatic heterocycles. The number of hydrogen-bond donors (Lipinski definition) is 2. The minimum absolute atomic E-state index is 0.0914. The Hall–Kier alpha value is -1.91. The van der Waals surface area contributed by atoms with E-state index in [0.717, 1.165) is 11.4 Å². The lowest BCUT2D eigenvalue weighted by molar-refractivity contribution is -0.143. The number of carbonyl (C=O) groups excluding carboxylic acids is 1. The molecule has 0 radical (unpaired) electrons. The molecule has 0 spiro atoms. The molecule has 0 saturated heterocycles. The molecule has 2 rings (SSSR count). The van der Waals surface area contributed by atoms with Gasteiger partial charge in [-0.15, -0.1) is 0 Å². The molecule has 1 aromatic rings. The van der Waals surface area contributed by atoms with E-state index in [9.17, 15) is 4.79 Å². The number of ether oxygens (including phenoxy) is 2. The maximum absolute atomic E-state index is 11.4. The summed E-state index contributed by atoms with van der Waals surface area (Å²) in [6.07, 6.45) is 0.279. The van der Waals surface area contributed by atoms with Crippen molar-refractivity contribution in [3.63, 3.8) is 0 Å². The van der Waals surface area contributed by atoms with Crippen molar-refractivity contribution in [3.8, 4) is 5.75 Å². The highest BCUT2D eigenvalue weighted by Gasteiger charge is 2.23. The van der Waals surface area contributed by atoms with Crippen LogP contribution in [0.1, 0.15) is 13.3 Å². The van der Waals surface area contributed by atoms with Crippen molar-refractivity contribution >= 4 is 17.3 Å². The first-order chi connectivity index (χ1) is 8.20. The first kappa shape index (κ1) is 11.6. The number of para-hydroxylation sites is 1. The molecule has 0 amide bonds. The summed E-state index contributed by atoms with van der Waals surface area (Å²) in [6.45, 7) is 2.62. The van der Waals surface area contributed by atoms with E-state index in [1.807, 2.05) is 12.1 Å². The number of carbonyl (C=O) groups is 1. The molecule has 1 aromatic carbocycles. The van der Waals surface area contributed by atoms with Crippen molar-refractivity contribution in [2.45, 2.75) is 19.4 Å². The maximum Gasteiger partial charge on any atom is 0.307 e. The van der Waals surface area contributed by atoms with E-state index in [4.69, 9.17) is 15.2 Å². The summed E-state index contributed by atoms with van der Waals surface area (Å²) in [5.74, 6) is 0.497. The first-order valence-electron chi connectivity index (χ1n) is 5.64. The molecule has 0 bridgehead atoms. The van der Waals surface area contributed by atoms with Crippen molar-refractivity contribution in [2.24, 2.45) is 0 Å². The van der Waals surface area contributed by atoms with Crippen LogP contribution in [-0.2, 0) is 9.53 Å². The Kier molecular flexibility index (Phi) is 3.37. The number of esters is 1. The minimum atomic E-state index is -0.230. The van der Waals surface area contributed by atoms with Crippen LogP contribution in [0.25, 0.3) is 0 Å². The molecule has 92 valence electrons. The van der Waals surface area contributed by atoms with Gasteiger partial charge in [-0.3, -0.25) is 4.79 Å². The van der Waals surface area contributed by atoms with Gasteiger partial charge in [-0.1, -0.05) is 6.07 Å². The van der Waals surface area contributed by atoms with Gasteiger partial charge >= 0.3 is 5.97 Å². The van der Waals surface area contributed by atoms with Gasteiger partial charge in [-0.2, -0.15) is 0 Å². The van der Waals surface area contributed by atoms with Crippen LogP contribution in [0.3, 0.4) is 0 Å². The van der Waals surface area contributed by atoms with Crippen LogP contribution in [0.5, 0.6) is 5.75 Å². The molecule has 0 aliphatic carbocycles. The van der Waals surface area contributed by atoms with Gasteiger partial charge in [0.2, 0.25) is 0 Å². The van der Waals surface area contributed by atoms with E-state index in [1.54, 1.807) is 13.0 Å². The molecule has 0 fully saturated rings. The van der Waals surface area contributed by atoms with Crippen molar-refractivity contribution in [1.82, 2.24) is 0 Å². The fourth-order valence-corrected chi connectivity index (χ4v) is 1.79. The van der Waals surface area contributed by atoms with Crippen LogP contribution in [0.15, 0.2) is 18.2 Å². The number of nitrogens with two attached hydrogens (primary N) is 1. The molecule has 5 heteroatoms. The number of anilines is 2. The summed E-state index contributed by atoms with van der Waals surface area (Å²) >= 11 is 0. The lowest BCUT2D eigenvalue weighted by atomic mass is 10.1. The molecular weight excluding hydrogens is 220 g/mol. The Morgan fingerprint density at radius 1 is 1.65 bits per heavy atom.